The third kappa shape index (κ3) is 3.89. The smallest absolute Gasteiger partial charge is 0.0856 e. The van der Waals surface area contributed by atoms with Gasteiger partial charge in [-0.15, -0.1) is 0 Å². The molecule has 0 aliphatic heterocycles. The second kappa shape index (κ2) is 7.57. The first-order chi connectivity index (χ1) is 9.97. The Kier molecular flexibility index (Phi) is 6.28. The molecule has 2 rings (SSSR count). The molecule has 0 saturated heterocycles. The zero-order valence-electron chi connectivity index (χ0n) is 11.9. The first-order valence-electron chi connectivity index (χ1n) is 6.84. The fourth-order valence-corrected chi connectivity index (χ4v) is 4.08. The lowest BCUT2D eigenvalue weighted by molar-refractivity contribution is 0.174. The van der Waals surface area contributed by atoms with E-state index in [1.807, 2.05) is 22.9 Å². The van der Waals surface area contributed by atoms with E-state index in [9.17, 15) is 5.11 Å². The van der Waals surface area contributed by atoms with E-state index in [0.717, 1.165) is 42.4 Å². The predicted molar refractivity (Wildman–Crippen MR) is 101 cm³/mol. The van der Waals surface area contributed by atoms with E-state index in [1.165, 1.54) is 0 Å². The molecule has 0 radical (unpaired) electrons. The zero-order valence-corrected chi connectivity index (χ0v) is 17.2. The van der Waals surface area contributed by atoms with Crippen molar-refractivity contribution in [2.24, 2.45) is 0 Å². The highest BCUT2D eigenvalue weighted by molar-refractivity contribution is 14.1. The summed E-state index contributed by atoms with van der Waals surface area (Å²) in [5, 5.41) is 15.2. The van der Waals surface area contributed by atoms with Gasteiger partial charge in [-0.1, -0.05) is 22.9 Å². The summed E-state index contributed by atoms with van der Waals surface area (Å²) in [5.41, 5.74) is 3.04. The largest absolute Gasteiger partial charge is 0.388 e. The summed E-state index contributed by atoms with van der Waals surface area (Å²) in [6, 6.07) is 5.97. The Morgan fingerprint density at radius 1 is 1.33 bits per heavy atom. The molecule has 21 heavy (non-hydrogen) atoms. The maximum atomic E-state index is 10.6. The Bertz CT molecular complexity index is 643. The minimum atomic E-state index is -0.544. The van der Waals surface area contributed by atoms with Gasteiger partial charge in [0.15, 0.2) is 0 Å². The van der Waals surface area contributed by atoms with Gasteiger partial charge >= 0.3 is 0 Å². The second-order valence-corrected chi connectivity index (χ2v) is 7.63. The minimum Gasteiger partial charge on any atom is -0.388 e. The molecule has 1 N–H and O–H groups in total. The van der Waals surface area contributed by atoms with E-state index in [2.05, 4.69) is 73.4 Å². The molecule has 1 atom stereocenters. The standard InChI is InChI=1S/C15H17Br2IN2O/c1-3-12-15(17)13(20(4-2)19-12)8-14(21)10-7-9(16)5-6-11(10)18/h5-7,14,21H,3-4,8H2,1-2H3. The van der Waals surface area contributed by atoms with Gasteiger partial charge in [-0.2, -0.15) is 5.10 Å². The van der Waals surface area contributed by atoms with E-state index in [-0.39, 0.29) is 0 Å². The Morgan fingerprint density at radius 2 is 2.05 bits per heavy atom. The number of aliphatic hydroxyl groups is 1. The van der Waals surface area contributed by atoms with Gasteiger partial charge in [0.25, 0.3) is 0 Å². The quantitative estimate of drug-likeness (QED) is 0.563. The van der Waals surface area contributed by atoms with Crippen LogP contribution in [-0.4, -0.2) is 14.9 Å². The third-order valence-corrected chi connectivity index (χ3v) is 5.79. The van der Waals surface area contributed by atoms with E-state index in [1.54, 1.807) is 0 Å². The van der Waals surface area contributed by atoms with Gasteiger partial charge in [-0.25, -0.2) is 0 Å². The summed E-state index contributed by atoms with van der Waals surface area (Å²) in [7, 11) is 0. The first-order valence-corrected chi connectivity index (χ1v) is 9.51. The Balaban J connectivity index is 2.33. The van der Waals surface area contributed by atoms with Crippen molar-refractivity contribution in [1.82, 2.24) is 9.78 Å². The lowest BCUT2D eigenvalue weighted by atomic mass is 10.0. The summed E-state index contributed by atoms with van der Waals surface area (Å²) in [4.78, 5) is 0. The second-order valence-electron chi connectivity index (χ2n) is 4.76. The number of benzene rings is 1. The predicted octanol–water partition coefficient (Wildman–Crippen LogP) is 4.87. The Labute approximate surface area is 155 Å². The van der Waals surface area contributed by atoms with Crippen molar-refractivity contribution in [3.63, 3.8) is 0 Å². The normalized spacial score (nSPS) is 12.7. The number of aryl methyl sites for hydroxylation is 2. The summed E-state index contributed by atoms with van der Waals surface area (Å²) < 4.78 is 5.04. The van der Waals surface area contributed by atoms with Crippen LogP contribution in [0.3, 0.4) is 0 Å². The Morgan fingerprint density at radius 3 is 2.67 bits per heavy atom. The van der Waals surface area contributed by atoms with Crippen LogP contribution < -0.4 is 0 Å². The highest BCUT2D eigenvalue weighted by Crippen LogP contribution is 2.30. The summed E-state index contributed by atoms with van der Waals surface area (Å²) >= 11 is 9.36. The summed E-state index contributed by atoms with van der Waals surface area (Å²) in [6.45, 7) is 4.96. The van der Waals surface area contributed by atoms with Gasteiger partial charge in [0.1, 0.15) is 0 Å². The highest BCUT2D eigenvalue weighted by atomic mass is 127. The molecule has 0 saturated carbocycles. The van der Waals surface area contributed by atoms with Crippen LogP contribution in [0.2, 0.25) is 0 Å². The SMILES string of the molecule is CCc1nn(CC)c(CC(O)c2cc(Br)ccc2I)c1Br. The average Bonchev–Trinajstić information content (AvgIpc) is 2.77. The monoisotopic (exact) mass is 526 g/mol. The maximum absolute atomic E-state index is 10.6. The third-order valence-electron chi connectivity index (χ3n) is 3.40. The van der Waals surface area contributed by atoms with Crippen molar-refractivity contribution < 1.29 is 5.11 Å². The number of aromatic nitrogens is 2. The van der Waals surface area contributed by atoms with Crippen LogP contribution >= 0.6 is 54.5 Å². The number of rotatable bonds is 5. The molecule has 0 fully saturated rings. The minimum absolute atomic E-state index is 0.544. The molecule has 1 heterocycles. The fourth-order valence-electron chi connectivity index (χ4n) is 2.28. The number of hydrogen-bond donors (Lipinski definition) is 1. The first kappa shape index (κ1) is 17.4. The molecule has 3 nitrogen and oxygen atoms in total. The molecule has 1 aromatic carbocycles. The number of aliphatic hydroxyl groups excluding tert-OH is 1. The number of nitrogens with zero attached hydrogens (tertiary/aromatic N) is 2. The topological polar surface area (TPSA) is 38.0 Å². The van der Waals surface area contributed by atoms with E-state index in [4.69, 9.17) is 0 Å². The fraction of sp³-hybridized carbons (Fsp3) is 0.400. The summed E-state index contributed by atoms with van der Waals surface area (Å²) in [5.74, 6) is 0. The van der Waals surface area contributed by atoms with Crippen LogP contribution in [0.5, 0.6) is 0 Å². The van der Waals surface area contributed by atoms with Crippen LogP contribution in [0.15, 0.2) is 27.1 Å². The van der Waals surface area contributed by atoms with Crippen LogP contribution in [0.25, 0.3) is 0 Å². The van der Waals surface area contributed by atoms with Crippen molar-refractivity contribution in [3.05, 3.63) is 47.7 Å². The highest BCUT2D eigenvalue weighted by Gasteiger charge is 2.19. The van der Waals surface area contributed by atoms with Crippen molar-refractivity contribution in [2.75, 3.05) is 0 Å². The molecule has 1 unspecified atom stereocenters. The Hall–Kier alpha value is 0.0800. The molecule has 1 aromatic heterocycles. The van der Waals surface area contributed by atoms with Gasteiger partial charge in [-0.05, 0) is 75.6 Å². The molecule has 2 aromatic rings. The molecule has 6 heteroatoms. The van der Waals surface area contributed by atoms with Crippen LogP contribution in [0.4, 0.5) is 0 Å². The summed E-state index contributed by atoms with van der Waals surface area (Å²) in [6.07, 6.45) is 0.885. The number of halogens is 3. The van der Waals surface area contributed by atoms with Gasteiger partial charge < -0.3 is 5.11 Å². The molecule has 0 amide bonds. The van der Waals surface area contributed by atoms with E-state index >= 15 is 0 Å². The van der Waals surface area contributed by atoms with Gasteiger partial charge in [-0.3, -0.25) is 4.68 Å². The molecule has 0 aliphatic carbocycles. The molecule has 114 valence electrons. The van der Waals surface area contributed by atoms with Crippen molar-refractivity contribution in [1.29, 1.82) is 0 Å². The van der Waals surface area contributed by atoms with Crippen LogP contribution in [-0.2, 0) is 19.4 Å². The van der Waals surface area contributed by atoms with Gasteiger partial charge in [0.05, 0.1) is 22.0 Å². The average molecular weight is 528 g/mol. The molecular weight excluding hydrogens is 511 g/mol. The van der Waals surface area contributed by atoms with E-state index in [0.29, 0.717) is 6.42 Å². The van der Waals surface area contributed by atoms with Crippen molar-refractivity contribution >= 4 is 54.5 Å². The lowest BCUT2D eigenvalue weighted by Gasteiger charge is -2.14. The van der Waals surface area contributed by atoms with Gasteiger partial charge in [0, 0.05) is 21.0 Å². The molecule has 0 bridgehead atoms. The molecule has 0 aliphatic rings. The van der Waals surface area contributed by atoms with E-state index < -0.39 is 6.10 Å². The maximum Gasteiger partial charge on any atom is 0.0856 e. The van der Waals surface area contributed by atoms with Crippen LogP contribution in [0.1, 0.15) is 36.9 Å². The van der Waals surface area contributed by atoms with Crippen molar-refractivity contribution in [3.8, 4) is 0 Å². The van der Waals surface area contributed by atoms with Crippen LogP contribution in [0, 0.1) is 3.57 Å². The van der Waals surface area contributed by atoms with Gasteiger partial charge in [0.2, 0.25) is 0 Å². The molecular formula is C15H17Br2IN2O. The van der Waals surface area contributed by atoms with Crippen molar-refractivity contribution in [2.45, 2.75) is 39.3 Å². The lowest BCUT2D eigenvalue weighted by Crippen LogP contribution is -2.10. The zero-order chi connectivity index (χ0) is 15.6. The molecule has 0 spiro atoms. The number of hydrogen-bond acceptors (Lipinski definition) is 2.